The van der Waals surface area contributed by atoms with Crippen molar-refractivity contribution < 1.29 is 22.7 Å². The average molecular weight is 504 g/mol. The maximum absolute atomic E-state index is 13.3. The number of para-hydroxylation sites is 2. The predicted octanol–water partition coefficient (Wildman–Crippen LogP) is 3.58. The van der Waals surface area contributed by atoms with Gasteiger partial charge in [-0.05, 0) is 37.5 Å². The SMILES string of the molecule is CCCCNC(=O)C(C)N(Cc1ccccc1)C(=O)CCCN(c1ccccc1OC)S(C)(=O)=O. The summed E-state index contributed by atoms with van der Waals surface area (Å²) in [5.41, 5.74) is 1.34. The summed E-state index contributed by atoms with van der Waals surface area (Å²) < 4.78 is 31.6. The molecule has 2 amide bonds. The molecule has 35 heavy (non-hydrogen) atoms. The summed E-state index contributed by atoms with van der Waals surface area (Å²) in [4.78, 5) is 27.5. The van der Waals surface area contributed by atoms with Crippen molar-refractivity contribution in [2.75, 3.05) is 30.8 Å². The summed E-state index contributed by atoms with van der Waals surface area (Å²) in [6.07, 6.45) is 3.35. The van der Waals surface area contributed by atoms with E-state index in [4.69, 9.17) is 4.74 Å². The van der Waals surface area contributed by atoms with Crippen molar-refractivity contribution in [3.63, 3.8) is 0 Å². The third-order valence-corrected chi connectivity index (χ3v) is 6.88. The van der Waals surface area contributed by atoms with Crippen molar-refractivity contribution in [3.8, 4) is 5.75 Å². The highest BCUT2D eigenvalue weighted by atomic mass is 32.2. The van der Waals surface area contributed by atoms with Crippen molar-refractivity contribution in [3.05, 3.63) is 60.2 Å². The van der Waals surface area contributed by atoms with E-state index in [9.17, 15) is 18.0 Å². The monoisotopic (exact) mass is 503 g/mol. The number of unbranched alkanes of at least 4 members (excludes halogenated alkanes) is 1. The molecule has 1 atom stereocenters. The van der Waals surface area contributed by atoms with Crippen molar-refractivity contribution in [2.24, 2.45) is 0 Å². The van der Waals surface area contributed by atoms with E-state index in [2.05, 4.69) is 5.32 Å². The number of ether oxygens (including phenoxy) is 1. The van der Waals surface area contributed by atoms with Gasteiger partial charge >= 0.3 is 0 Å². The fraction of sp³-hybridized carbons (Fsp3) is 0.462. The van der Waals surface area contributed by atoms with E-state index >= 15 is 0 Å². The van der Waals surface area contributed by atoms with E-state index < -0.39 is 16.1 Å². The van der Waals surface area contributed by atoms with E-state index in [-0.39, 0.29) is 24.8 Å². The van der Waals surface area contributed by atoms with Crippen LogP contribution >= 0.6 is 0 Å². The molecule has 1 unspecified atom stereocenters. The Hall–Kier alpha value is -3.07. The number of carbonyl (C=O) groups excluding carboxylic acids is 2. The molecule has 9 heteroatoms. The van der Waals surface area contributed by atoms with Crippen LogP contribution in [0.2, 0.25) is 0 Å². The van der Waals surface area contributed by atoms with Crippen LogP contribution in [0.25, 0.3) is 0 Å². The number of hydrogen-bond donors (Lipinski definition) is 1. The molecule has 0 saturated heterocycles. The normalized spacial score (nSPS) is 12.0. The molecule has 8 nitrogen and oxygen atoms in total. The van der Waals surface area contributed by atoms with Gasteiger partial charge in [-0.3, -0.25) is 13.9 Å². The van der Waals surface area contributed by atoms with Crippen molar-refractivity contribution in [1.29, 1.82) is 0 Å². The third kappa shape index (κ3) is 8.58. The molecule has 0 aliphatic heterocycles. The molecule has 0 spiro atoms. The quantitative estimate of drug-likeness (QED) is 0.398. The molecule has 2 aromatic rings. The first kappa shape index (κ1) is 28.2. The van der Waals surface area contributed by atoms with Crippen LogP contribution in [0, 0.1) is 0 Å². The van der Waals surface area contributed by atoms with Crippen LogP contribution < -0.4 is 14.4 Å². The molecule has 192 valence electrons. The topological polar surface area (TPSA) is 96.0 Å². The average Bonchev–Trinajstić information content (AvgIpc) is 2.84. The van der Waals surface area contributed by atoms with Gasteiger partial charge in [0, 0.05) is 26.1 Å². The molecule has 2 aromatic carbocycles. The number of amides is 2. The summed E-state index contributed by atoms with van der Waals surface area (Å²) in [6, 6.07) is 15.7. The van der Waals surface area contributed by atoms with Gasteiger partial charge in [0.15, 0.2) is 0 Å². The minimum absolute atomic E-state index is 0.0978. The lowest BCUT2D eigenvalue weighted by molar-refractivity contribution is -0.140. The van der Waals surface area contributed by atoms with Crippen LogP contribution in [-0.2, 0) is 26.2 Å². The Labute approximate surface area is 209 Å². The highest BCUT2D eigenvalue weighted by Gasteiger charge is 2.27. The molecular weight excluding hydrogens is 466 g/mol. The van der Waals surface area contributed by atoms with Crippen LogP contribution in [0.15, 0.2) is 54.6 Å². The lowest BCUT2D eigenvalue weighted by atomic mass is 10.1. The zero-order valence-corrected chi connectivity index (χ0v) is 21.9. The second-order valence-corrected chi connectivity index (χ2v) is 10.3. The van der Waals surface area contributed by atoms with E-state index in [1.165, 1.54) is 11.4 Å². The van der Waals surface area contributed by atoms with E-state index in [1.54, 1.807) is 36.1 Å². The Morgan fingerprint density at radius 2 is 1.69 bits per heavy atom. The fourth-order valence-corrected chi connectivity index (χ4v) is 4.69. The summed E-state index contributed by atoms with van der Waals surface area (Å²) in [7, 11) is -2.11. The molecular formula is C26H37N3O5S. The summed E-state index contributed by atoms with van der Waals surface area (Å²) in [5, 5.41) is 2.90. The smallest absolute Gasteiger partial charge is 0.242 e. The van der Waals surface area contributed by atoms with Crippen molar-refractivity contribution in [1.82, 2.24) is 10.2 Å². The number of nitrogens with zero attached hydrogens (tertiary/aromatic N) is 2. The number of methoxy groups -OCH3 is 1. The first-order valence-corrected chi connectivity index (χ1v) is 13.8. The number of benzene rings is 2. The Bertz CT molecular complexity index is 1060. The first-order valence-electron chi connectivity index (χ1n) is 11.9. The third-order valence-electron chi connectivity index (χ3n) is 5.70. The van der Waals surface area contributed by atoms with Crippen LogP contribution in [-0.4, -0.2) is 57.6 Å². The van der Waals surface area contributed by atoms with Gasteiger partial charge in [0.1, 0.15) is 11.8 Å². The highest BCUT2D eigenvalue weighted by molar-refractivity contribution is 7.92. The summed E-state index contributed by atoms with van der Waals surface area (Å²) >= 11 is 0. The molecule has 0 fully saturated rings. The number of rotatable bonds is 14. The number of anilines is 1. The van der Waals surface area contributed by atoms with E-state index in [0.717, 1.165) is 24.7 Å². The van der Waals surface area contributed by atoms with Gasteiger partial charge in [0.25, 0.3) is 0 Å². The maximum atomic E-state index is 13.3. The molecule has 0 aliphatic carbocycles. The highest BCUT2D eigenvalue weighted by Crippen LogP contribution is 2.29. The molecule has 0 aliphatic rings. The van der Waals surface area contributed by atoms with Crippen molar-refractivity contribution in [2.45, 2.75) is 52.1 Å². The summed E-state index contributed by atoms with van der Waals surface area (Å²) in [6.45, 7) is 4.74. The van der Waals surface area contributed by atoms with Gasteiger partial charge in [0.2, 0.25) is 21.8 Å². The number of carbonyl (C=O) groups is 2. The van der Waals surface area contributed by atoms with E-state index in [1.807, 2.05) is 37.3 Å². The standard InChI is InChI=1S/C26H37N3O5S/c1-5-6-18-27-26(31)21(2)28(20-22-13-8-7-9-14-22)25(30)17-12-19-29(35(4,32)33)23-15-10-11-16-24(23)34-3/h7-11,13-16,21H,5-6,12,17-20H2,1-4H3,(H,27,31). The van der Waals surface area contributed by atoms with Crippen LogP contribution in [0.5, 0.6) is 5.75 Å². The number of sulfonamides is 1. The van der Waals surface area contributed by atoms with Crippen LogP contribution in [0.4, 0.5) is 5.69 Å². The molecule has 0 aromatic heterocycles. The molecule has 0 saturated carbocycles. The van der Waals surface area contributed by atoms with Gasteiger partial charge in [-0.1, -0.05) is 55.8 Å². The maximum Gasteiger partial charge on any atom is 0.242 e. The molecule has 2 rings (SSSR count). The van der Waals surface area contributed by atoms with Gasteiger partial charge in [0.05, 0.1) is 19.1 Å². The van der Waals surface area contributed by atoms with Gasteiger partial charge in [-0.15, -0.1) is 0 Å². The van der Waals surface area contributed by atoms with Gasteiger partial charge in [-0.25, -0.2) is 8.42 Å². The Morgan fingerprint density at radius 3 is 2.31 bits per heavy atom. The molecule has 0 heterocycles. The lowest BCUT2D eigenvalue weighted by Gasteiger charge is -2.29. The Morgan fingerprint density at radius 1 is 1.03 bits per heavy atom. The van der Waals surface area contributed by atoms with Gasteiger partial charge < -0.3 is 15.0 Å². The van der Waals surface area contributed by atoms with Crippen molar-refractivity contribution >= 4 is 27.5 Å². The minimum Gasteiger partial charge on any atom is -0.495 e. The predicted molar refractivity (Wildman–Crippen MR) is 139 cm³/mol. The number of hydrogen-bond acceptors (Lipinski definition) is 5. The second kappa shape index (κ2) is 13.7. The number of nitrogens with one attached hydrogen (secondary N) is 1. The molecule has 1 N–H and O–H groups in total. The zero-order valence-electron chi connectivity index (χ0n) is 21.1. The molecule has 0 radical (unpaired) electrons. The summed E-state index contributed by atoms with van der Waals surface area (Å²) in [5.74, 6) is 0.0299. The second-order valence-electron chi connectivity index (χ2n) is 8.44. The molecule has 0 bridgehead atoms. The Balaban J connectivity index is 2.14. The largest absolute Gasteiger partial charge is 0.495 e. The fourth-order valence-electron chi connectivity index (χ4n) is 3.72. The van der Waals surface area contributed by atoms with Crippen LogP contribution in [0.1, 0.15) is 45.1 Å². The zero-order chi connectivity index (χ0) is 25.8. The minimum atomic E-state index is -3.60. The Kier molecular flexibility index (Phi) is 11.0. The first-order chi connectivity index (χ1) is 16.7. The lowest BCUT2D eigenvalue weighted by Crippen LogP contribution is -2.47. The van der Waals surface area contributed by atoms with Gasteiger partial charge in [-0.2, -0.15) is 0 Å². The van der Waals surface area contributed by atoms with Crippen LogP contribution in [0.3, 0.4) is 0 Å². The van der Waals surface area contributed by atoms with E-state index in [0.29, 0.717) is 30.9 Å².